The minimum atomic E-state index is -0.776. The van der Waals surface area contributed by atoms with Crippen LogP contribution in [-0.4, -0.2) is 28.5 Å². The van der Waals surface area contributed by atoms with Crippen LogP contribution < -0.4 is 4.90 Å². The average Bonchev–Trinajstić information content (AvgIpc) is 3.32. The van der Waals surface area contributed by atoms with Crippen LogP contribution in [0.25, 0.3) is 6.08 Å². The number of rotatable bonds is 3. The van der Waals surface area contributed by atoms with Crippen molar-refractivity contribution in [2.24, 2.45) is 11.8 Å². The largest absolute Gasteiger partial charge is 0.358 e. The molecule has 3 heterocycles. The first-order valence-corrected chi connectivity index (χ1v) is 11.2. The second kappa shape index (κ2) is 7.42. The van der Waals surface area contributed by atoms with Gasteiger partial charge in [0.1, 0.15) is 6.04 Å². The summed E-state index contributed by atoms with van der Waals surface area (Å²) in [7, 11) is 0. The van der Waals surface area contributed by atoms with Gasteiger partial charge in [0.05, 0.1) is 23.6 Å². The van der Waals surface area contributed by atoms with Gasteiger partial charge >= 0.3 is 0 Å². The summed E-state index contributed by atoms with van der Waals surface area (Å²) in [6, 6.07) is 22.3. The maximum Gasteiger partial charge on any atom is 0.240 e. The fourth-order valence-electron chi connectivity index (χ4n) is 5.47. The summed E-state index contributed by atoms with van der Waals surface area (Å²) in [4.78, 5) is 44.4. The summed E-state index contributed by atoms with van der Waals surface area (Å²) in [5.74, 6) is -2.22. The third-order valence-corrected chi connectivity index (χ3v) is 7.13. The maximum atomic E-state index is 13.8. The predicted octanol–water partition coefficient (Wildman–Crippen LogP) is 4.74. The van der Waals surface area contributed by atoms with Crippen molar-refractivity contribution in [3.8, 4) is 0 Å². The zero-order chi connectivity index (χ0) is 22.7. The van der Waals surface area contributed by atoms with E-state index in [0.29, 0.717) is 16.3 Å². The van der Waals surface area contributed by atoms with Crippen molar-refractivity contribution in [2.75, 3.05) is 4.90 Å². The molecule has 162 valence electrons. The lowest BCUT2D eigenvalue weighted by molar-refractivity contribution is -0.123. The normalized spacial score (nSPS) is 25.1. The highest BCUT2D eigenvalue weighted by molar-refractivity contribution is 6.31. The lowest BCUT2D eigenvalue weighted by Gasteiger charge is -2.35. The molecule has 0 unspecified atom stereocenters. The van der Waals surface area contributed by atoms with E-state index in [-0.39, 0.29) is 23.6 Å². The number of halogens is 1. The van der Waals surface area contributed by atoms with Crippen molar-refractivity contribution in [1.29, 1.82) is 0 Å². The standard InChI is InChI=1S/C27H19ClN2O3/c28-18-10-12-19(13-11-18)30-26(32)21-22(27(30)33)24(25(31)17-7-2-1-3-8-17)29-15-14-16-6-4-5-9-20(16)23(21)29/h1-15,21-24H/t21-,22+,23+,24-/m0/s1. The van der Waals surface area contributed by atoms with Crippen LogP contribution in [0.4, 0.5) is 5.69 Å². The fraction of sp³-hybridized carbons (Fsp3) is 0.148. The predicted molar refractivity (Wildman–Crippen MR) is 126 cm³/mol. The van der Waals surface area contributed by atoms with Crippen LogP contribution in [-0.2, 0) is 9.59 Å². The summed E-state index contributed by atoms with van der Waals surface area (Å²) in [5, 5.41) is 0.521. The number of amides is 2. The zero-order valence-electron chi connectivity index (χ0n) is 17.5. The van der Waals surface area contributed by atoms with Gasteiger partial charge in [0.15, 0.2) is 5.78 Å². The Kier molecular flexibility index (Phi) is 4.49. The van der Waals surface area contributed by atoms with E-state index in [0.717, 1.165) is 11.1 Å². The van der Waals surface area contributed by atoms with Gasteiger partial charge in [-0.05, 0) is 41.5 Å². The number of carbonyl (C=O) groups excluding carboxylic acids is 3. The molecule has 4 atom stereocenters. The molecule has 2 saturated heterocycles. The molecule has 2 fully saturated rings. The first-order valence-electron chi connectivity index (χ1n) is 10.8. The number of anilines is 1. The minimum Gasteiger partial charge on any atom is -0.358 e. The van der Waals surface area contributed by atoms with Crippen LogP contribution in [0, 0.1) is 11.8 Å². The lowest BCUT2D eigenvalue weighted by atomic mass is 9.83. The molecule has 5 nitrogen and oxygen atoms in total. The molecule has 3 aliphatic rings. The van der Waals surface area contributed by atoms with Crippen molar-refractivity contribution < 1.29 is 14.4 Å². The SMILES string of the molecule is O=C(c1ccccc1)[C@@H]1[C@@H]2C(=O)N(c3ccc(Cl)cc3)C(=O)[C@@H]2[C@H]2c3ccccc3C=CN12. The van der Waals surface area contributed by atoms with Crippen LogP contribution in [0.5, 0.6) is 0 Å². The van der Waals surface area contributed by atoms with Gasteiger partial charge in [0.2, 0.25) is 11.8 Å². The molecule has 0 spiro atoms. The van der Waals surface area contributed by atoms with Gasteiger partial charge in [0, 0.05) is 16.8 Å². The van der Waals surface area contributed by atoms with Gasteiger partial charge < -0.3 is 4.90 Å². The van der Waals surface area contributed by atoms with Gasteiger partial charge in [-0.15, -0.1) is 0 Å². The molecule has 0 aliphatic carbocycles. The van der Waals surface area contributed by atoms with Crippen LogP contribution in [0.2, 0.25) is 5.02 Å². The molecule has 3 aliphatic heterocycles. The van der Waals surface area contributed by atoms with Crippen molar-refractivity contribution in [1.82, 2.24) is 4.90 Å². The molecule has 0 bridgehead atoms. The molecule has 3 aromatic rings. The van der Waals surface area contributed by atoms with E-state index in [9.17, 15) is 14.4 Å². The molecule has 0 saturated carbocycles. The Hall–Kier alpha value is -3.70. The van der Waals surface area contributed by atoms with Gasteiger partial charge in [0.25, 0.3) is 0 Å². The maximum absolute atomic E-state index is 13.8. The van der Waals surface area contributed by atoms with Crippen LogP contribution >= 0.6 is 11.6 Å². The lowest BCUT2D eigenvalue weighted by Crippen LogP contribution is -2.44. The van der Waals surface area contributed by atoms with E-state index in [1.165, 1.54) is 4.90 Å². The van der Waals surface area contributed by atoms with Gasteiger partial charge in [-0.3, -0.25) is 14.4 Å². The van der Waals surface area contributed by atoms with E-state index >= 15 is 0 Å². The number of benzene rings is 3. The Bertz CT molecular complexity index is 1320. The van der Waals surface area contributed by atoms with Crippen molar-refractivity contribution in [3.05, 3.63) is 107 Å². The topological polar surface area (TPSA) is 57.7 Å². The zero-order valence-corrected chi connectivity index (χ0v) is 18.2. The third-order valence-electron chi connectivity index (χ3n) is 6.87. The Morgan fingerprint density at radius 3 is 2.21 bits per heavy atom. The second-order valence-electron chi connectivity index (χ2n) is 8.55. The molecule has 0 N–H and O–H groups in total. The molecule has 33 heavy (non-hydrogen) atoms. The monoisotopic (exact) mass is 454 g/mol. The number of hydrogen-bond acceptors (Lipinski definition) is 4. The van der Waals surface area contributed by atoms with Crippen molar-refractivity contribution in [3.63, 3.8) is 0 Å². The molecule has 0 radical (unpaired) electrons. The van der Waals surface area contributed by atoms with Crippen LogP contribution in [0.3, 0.4) is 0 Å². The van der Waals surface area contributed by atoms with Crippen LogP contribution in [0.15, 0.2) is 85.1 Å². The highest BCUT2D eigenvalue weighted by atomic mass is 35.5. The molecule has 0 aromatic heterocycles. The molecular formula is C27H19ClN2O3. The highest BCUT2D eigenvalue weighted by Gasteiger charge is 2.64. The summed E-state index contributed by atoms with van der Waals surface area (Å²) in [6.07, 6.45) is 3.81. The number of nitrogens with zero attached hydrogens (tertiary/aromatic N) is 2. The van der Waals surface area contributed by atoms with Gasteiger partial charge in [-0.25, -0.2) is 4.90 Å². The molecule has 6 rings (SSSR count). The van der Waals surface area contributed by atoms with E-state index in [1.807, 2.05) is 47.5 Å². The van der Waals surface area contributed by atoms with E-state index < -0.39 is 17.9 Å². The van der Waals surface area contributed by atoms with E-state index in [4.69, 9.17) is 11.6 Å². The second-order valence-corrected chi connectivity index (χ2v) is 8.99. The smallest absolute Gasteiger partial charge is 0.240 e. The third kappa shape index (κ3) is 2.89. The first-order chi connectivity index (χ1) is 16.1. The summed E-state index contributed by atoms with van der Waals surface area (Å²) in [6.45, 7) is 0. The van der Waals surface area contributed by atoms with E-state index in [2.05, 4.69) is 0 Å². The number of Topliss-reactive ketones (excluding diaryl/α,β-unsaturated/α-hetero) is 1. The van der Waals surface area contributed by atoms with Crippen LogP contribution in [0.1, 0.15) is 27.5 Å². The van der Waals surface area contributed by atoms with Gasteiger partial charge in [-0.1, -0.05) is 66.2 Å². The Morgan fingerprint density at radius 1 is 0.788 bits per heavy atom. The quantitative estimate of drug-likeness (QED) is 0.424. The first kappa shape index (κ1) is 19.9. The number of ketones is 1. The molecule has 3 aromatic carbocycles. The number of carbonyl (C=O) groups is 3. The number of hydrogen-bond donors (Lipinski definition) is 0. The van der Waals surface area contributed by atoms with Gasteiger partial charge in [-0.2, -0.15) is 0 Å². The average molecular weight is 455 g/mol. The minimum absolute atomic E-state index is 0.156. The Morgan fingerprint density at radius 2 is 1.45 bits per heavy atom. The molecule has 6 heteroatoms. The molecule has 2 amide bonds. The Labute approximate surface area is 195 Å². The summed E-state index contributed by atoms with van der Waals surface area (Å²) < 4.78 is 0. The number of imide groups is 1. The summed E-state index contributed by atoms with van der Waals surface area (Å²) >= 11 is 6.02. The highest BCUT2D eigenvalue weighted by Crippen LogP contribution is 2.53. The number of fused-ring (bicyclic) bond motifs is 5. The Balaban J connectivity index is 1.50. The van der Waals surface area contributed by atoms with Crippen molar-refractivity contribution >= 4 is 41.0 Å². The fourth-order valence-corrected chi connectivity index (χ4v) is 5.60. The molecular weight excluding hydrogens is 436 g/mol. The van der Waals surface area contributed by atoms with Crippen molar-refractivity contribution in [2.45, 2.75) is 12.1 Å². The summed E-state index contributed by atoms with van der Waals surface area (Å²) in [5.41, 5.74) is 2.95. The van der Waals surface area contributed by atoms with E-state index in [1.54, 1.807) is 48.5 Å².